The van der Waals surface area contributed by atoms with Crippen LogP contribution in [-0.4, -0.2) is 27.3 Å². The maximum absolute atomic E-state index is 5.68. The molecular formula is C9H8IN5O. The van der Waals surface area contributed by atoms with Gasteiger partial charge in [-0.05, 0) is 28.7 Å². The van der Waals surface area contributed by atoms with Gasteiger partial charge < -0.3 is 10.5 Å². The highest BCUT2D eigenvalue weighted by Gasteiger charge is 2.06. The summed E-state index contributed by atoms with van der Waals surface area (Å²) in [5.74, 6) is 1.33. The SMILES string of the molecule is COc1ccc(-c2ncc(I)c(N)n2)nn1. The molecule has 2 N–H and O–H groups in total. The van der Waals surface area contributed by atoms with E-state index in [1.165, 1.54) is 7.11 Å². The van der Waals surface area contributed by atoms with Crippen LogP contribution in [0.1, 0.15) is 0 Å². The normalized spacial score (nSPS) is 10.1. The second kappa shape index (κ2) is 4.56. The molecule has 0 aliphatic rings. The molecular weight excluding hydrogens is 321 g/mol. The summed E-state index contributed by atoms with van der Waals surface area (Å²) in [5, 5.41) is 7.76. The molecule has 0 aliphatic heterocycles. The molecule has 2 aromatic rings. The van der Waals surface area contributed by atoms with Crippen LogP contribution in [0.2, 0.25) is 0 Å². The number of nitrogens with zero attached hydrogens (tertiary/aromatic N) is 4. The third-order valence-electron chi connectivity index (χ3n) is 1.85. The standard InChI is InChI=1S/C9H8IN5O/c1-16-7-3-2-6(14-15-7)9-12-4-5(10)8(11)13-9/h2-4H,1H3,(H2,11,12,13). The summed E-state index contributed by atoms with van der Waals surface area (Å²) in [6, 6.07) is 3.42. The number of hydrogen-bond donors (Lipinski definition) is 1. The lowest BCUT2D eigenvalue weighted by molar-refractivity contribution is 0.392. The zero-order valence-electron chi connectivity index (χ0n) is 8.38. The molecule has 0 atom stereocenters. The zero-order chi connectivity index (χ0) is 11.5. The van der Waals surface area contributed by atoms with Crippen molar-refractivity contribution in [2.45, 2.75) is 0 Å². The predicted octanol–water partition coefficient (Wildman–Crippen LogP) is 1.13. The zero-order valence-corrected chi connectivity index (χ0v) is 10.5. The number of hydrogen-bond acceptors (Lipinski definition) is 6. The van der Waals surface area contributed by atoms with Gasteiger partial charge in [0.2, 0.25) is 5.88 Å². The van der Waals surface area contributed by atoms with E-state index >= 15 is 0 Å². The lowest BCUT2D eigenvalue weighted by Gasteiger charge is -2.02. The highest BCUT2D eigenvalue weighted by atomic mass is 127. The Morgan fingerprint density at radius 3 is 2.69 bits per heavy atom. The average Bonchev–Trinajstić information content (AvgIpc) is 2.33. The third kappa shape index (κ3) is 2.18. The first kappa shape index (κ1) is 11.0. The molecule has 2 heterocycles. The van der Waals surface area contributed by atoms with Crippen molar-refractivity contribution in [2.24, 2.45) is 0 Å². The number of methoxy groups -OCH3 is 1. The van der Waals surface area contributed by atoms with E-state index in [4.69, 9.17) is 10.5 Å². The largest absolute Gasteiger partial charge is 0.480 e. The van der Waals surface area contributed by atoms with Crippen molar-refractivity contribution in [1.82, 2.24) is 20.2 Å². The van der Waals surface area contributed by atoms with Gasteiger partial charge in [-0.15, -0.1) is 10.2 Å². The average molecular weight is 329 g/mol. The maximum atomic E-state index is 5.68. The Hall–Kier alpha value is -1.51. The fourth-order valence-corrected chi connectivity index (χ4v) is 1.31. The van der Waals surface area contributed by atoms with E-state index in [9.17, 15) is 0 Å². The number of rotatable bonds is 2. The van der Waals surface area contributed by atoms with Crippen LogP contribution < -0.4 is 10.5 Å². The molecule has 0 bridgehead atoms. The smallest absolute Gasteiger partial charge is 0.233 e. The van der Waals surface area contributed by atoms with Crippen LogP contribution in [0, 0.1) is 3.57 Å². The summed E-state index contributed by atoms with van der Waals surface area (Å²) in [6.07, 6.45) is 1.64. The first-order chi connectivity index (χ1) is 7.70. The first-order valence-electron chi connectivity index (χ1n) is 4.37. The van der Waals surface area contributed by atoms with Crippen LogP contribution in [0.5, 0.6) is 5.88 Å². The molecule has 0 spiro atoms. The van der Waals surface area contributed by atoms with Crippen LogP contribution >= 0.6 is 22.6 Å². The van der Waals surface area contributed by atoms with Crippen molar-refractivity contribution >= 4 is 28.4 Å². The number of nitrogens with two attached hydrogens (primary N) is 1. The minimum Gasteiger partial charge on any atom is -0.480 e. The molecule has 0 fully saturated rings. The van der Waals surface area contributed by atoms with Gasteiger partial charge in [-0.3, -0.25) is 0 Å². The van der Waals surface area contributed by atoms with Gasteiger partial charge in [0.25, 0.3) is 0 Å². The molecule has 2 rings (SSSR count). The lowest BCUT2D eigenvalue weighted by Crippen LogP contribution is -2.00. The van der Waals surface area contributed by atoms with E-state index < -0.39 is 0 Å². The van der Waals surface area contributed by atoms with Crippen molar-refractivity contribution in [3.63, 3.8) is 0 Å². The Kier molecular flexibility index (Phi) is 3.13. The maximum Gasteiger partial charge on any atom is 0.233 e. The summed E-state index contributed by atoms with van der Waals surface area (Å²) in [6.45, 7) is 0. The molecule has 82 valence electrons. The second-order valence-corrected chi connectivity index (χ2v) is 4.05. The van der Waals surface area contributed by atoms with E-state index in [0.717, 1.165) is 3.57 Å². The van der Waals surface area contributed by atoms with Crippen molar-refractivity contribution in [1.29, 1.82) is 0 Å². The fraction of sp³-hybridized carbons (Fsp3) is 0.111. The van der Waals surface area contributed by atoms with Crippen LogP contribution in [0.15, 0.2) is 18.3 Å². The van der Waals surface area contributed by atoms with Crippen LogP contribution in [0.4, 0.5) is 5.82 Å². The molecule has 6 nitrogen and oxygen atoms in total. The quantitative estimate of drug-likeness (QED) is 0.831. The van der Waals surface area contributed by atoms with Gasteiger partial charge in [-0.25, -0.2) is 9.97 Å². The van der Waals surface area contributed by atoms with Gasteiger partial charge in [-0.1, -0.05) is 0 Å². The van der Waals surface area contributed by atoms with Crippen molar-refractivity contribution in [3.05, 3.63) is 21.9 Å². The minimum absolute atomic E-state index is 0.434. The highest BCUT2D eigenvalue weighted by Crippen LogP contribution is 2.17. The monoisotopic (exact) mass is 329 g/mol. The Morgan fingerprint density at radius 1 is 1.31 bits per heavy atom. The molecule has 0 amide bonds. The summed E-state index contributed by atoms with van der Waals surface area (Å²) in [4.78, 5) is 8.24. The van der Waals surface area contributed by atoms with Gasteiger partial charge in [-0.2, -0.15) is 0 Å². The number of halogens is 1. The van der Waals surface area contributed by atoms with Crippen LogP contribution in [-0.2, 0) is 0 Å². The minimum atomic E-state index is 0.434. The summed E-state index contributed by atoms with van der Waals surface area (Å²) in [7, 11) is 1.53. The van der Waals surface area contributed by atoms with Crippen molar-refractivity contribution in [3.8, 4) is 17.4 Å². The van der Waals surface area contributed by atoms with E-state index in [1.807, 2.05) is 0 Å². The molecule has 0 saturated carbocycles. The third-order valence-corrected chi connectivity index (χ3v) is 2.68. The van der Waals surface area contributed by atoms with Gasteiger partial charge in [0.15, 0.2) is 5.82 Å². The van der Waals surface area contributed by atoms with Gasteiger partial charge >= 0.3 is 0 Å². The first-order valence-corrected chi connectivity index (χ1v) is 5.44. The topological polar surface area (TPSA) is 86.8 Å². The Bertz CT molecular complexity index is 502. The van der Waals surface area contributed by atoms with Crippen molar-refractivity contribution in [2.75, 3.05) is 12.8 Å². The lowest BCUT2D eigenvalue weighted by atomic mass is 10.3. The number of nitrogen functional groups attached to an aromatic ring is 1. The fourth-order valence-electron chi connectivity index (χ4n) is 1.05. The van der Waals surface area contributed by atoms with Crippen LogP contribution in [0.25, 0.3) is 11.5 Å². The predicted molar refractivity (Wildman–Crippen MR) is 66.7 cm³/mol. The number of aromatic nitrogens is 4. The molecule has 0 radical (unpaired) electrons. The molecule has 0 aliphatic carbocycles. The Morgan fingerprint density at radius 2 is 2.12 bits per heavy atom. The Labute approximate surface area is 105 Å². The van der Waals surface area contributed by atoms with E-state index in [0.29, 0.717) is 23.2 Å². The molecule has 16 heavy (non-hydrogen) atoms. The van der Waals surface area contributed by atoms with E-state index in [2.05, 4.69) is 42.8 Å². The summed E-state index contributed by atoms with van der Waals surface area (Å²) in [5.41, 5.74) is 6.24. The summed E-state index contributed by atoms with van der Waals surface area (Å²) >= 11 is 2.07. The summed E-state index contributed by atoms with van der Waals surface area (Å²) < 4.78 is 5.72. The van der Waals surface area contributed by atoms with E-state index in [1.54, 1.807) is 18.3 Å². The molecule has 2 aromatic heterocycles. The molecule has 0 saturated heterocycles. The van der Waals surface area contributed by atoms with E-state index in [-0.39, 0.29) is 0 Å². The van der Waals surface area contributed by atoms with Crippen LogP contribution in [0.3, 0.4) is 0 Å². The highest BCUT2D eigenvalue weighted by molar-refractivity contribution is 14.1. The van der Waals surface area contributed by atoms with Crippen molar-refractivity contribution < 1.29 is 4.74 Å². The second-order valence-electron chi connectivity index (χ2n) is 2.89. The number of ether oxygens (including phenoxy) is 1. The molecule has 0 aromatic carbocycles. The van der Waals surface area contributed by atoms with Gasteiger partial charge in [0, 0.05) is 12.3 Å². The molecule has 7 heteroatoms. The Balaban J connectivity index is 2.38. The molecule has 0 unspecified atom stereocenters. The number of anilines is 1. The van der Waals surface area contributed by atoms with Gasteiger partial charge in [0.1, 0.15) is 11.5 Å². The van der Waals surface area contributed by atoms with Gasteiger partial charge in [0.05, 0.1) is 10.7 Å².